The number of hydrogen-bond donors (Lipinski definition) is 1. The van der Waals surface area contributed by atoms with E-state index in [0.717, 1.165) is 0 Å². The van der Waals surface area contributed by atoms with E-state index in [-0.39, 0.29) is 11.4 Å². The summed E-state index contributed by atoms with van der Waals surface area (Å²) < 4.78 is 38.1. The summed E-state index contributed by atoms with van der Waals surface area (Å²) >= 11 is 0. The molecule has 0 fully saturated rings. The lowest BCUT2D eigenvalue weighted by Gasteiger charge is -2.05. The molecule has 7 nitrogen and oxygen atoms in total. The lowest BCUT2D eigenvalue weighted by molar-refractivity contribution is 0.498. The van der Waals surface area contributed by atoms with Gasteiger partial charge in [-0.2, -0.15) is 0 Å². The van der Waals surface area contributed by atoms with Crippen molar-refractivity contribution in [2.24, 2.45) is 7.05 Å². The molecule has 2 heterocycles. The topological polar surface area (TPSA) is 94.5 Å². The highest BCUT2D eigenvalue weighted by Crippen LogP contribution is 2.18. The van der Waals surface area contributed by atoms with Crippen LogP contribution in [0.3, 0.4) is 0 Å². The van der Waals surface area contributed by atoms with Crippen LogP contribution in [0.15, 0.2) is 55.1 Å². The second kappa shape index (κ2) is 4.90. The fourth-order valence-electron chi connectivity index (χ4n) is 1.94. The van der Waals surface area contributed by atoms with E-state index in [2.05, 4.69) is 4.72 Å². The van der Waals surface area contributed by atoms with Gasteiger partial charge in [0.25, 0.3) is 0 Å². The van der Waals surface area contributed by atoms with Gasteiger partial charge >= 0.3 is 5.76 Å². The van der Waals surface area contributed by atoms with Crippen LogP contribution in [0.2, 0.25) is 0 Å². The Labute approximate surface area is 119 Å². The predicted molar refractivity (Wildman–Crippen MR) is 74.2 cm³/mol. The van der Waals surface area contributed by atoms with Crippen LogP contribution >= 0.6 is 0 Å². The van der Waals surface area contributed by atoms with Gasteiger partial charge in [0.1, 0.15) is 5.76 Å². The molecular weight excluding hydrogens is 296 g/mol. The summed E-state index contributed by atoms with van der Waals surface area (Å²) in [5.74, 6) is -0.0292. The third-order valence-corrected chi connectivity index (χ3v) is 4.49. The fourth-order valence-corrected chi connectivity index (χ4v) is 2.95. The number of benzene rings is 1. The minimum Gasteiger partial charge on any atom is -0.468 e. The van der Waals surface area contributed by atoms with E-state index in [0.29, 0.717) is 16.9 Å². The van der Waals surface area contributed by atoms with Gasteiger partial charge in [-0.25, -0.2) is 17.9 Å². The van der Waals surface area contributed by atoms with Crippen LogP contribution in [0.25, 0.3) is 11.1 Å². The average molecular weight is 308 g/mol. The summed E-state index contributed by atoms with van der Waals surface area (Å²) in [5, 5.41) is 0. The van der Waals surface area contributed by atoms with Crippen molar-refractivity contribution in [3.8, 4) is 0 Å². The van der Waals surface area contributed by atoms with E-state index in [1.165, 1.54) is 36.1 Å². The standard InChI is InChI=1S/C13H12N2O5S/c1-15-11-7-10(4-5-12(11)20-13(15)16)21(17,18)14-8-9-3-2-6-19-9/h2-7,14H,8H2,1H3. The van der Waals surface area contributed by atoms with Crippen molar-refractivity contribution in [3.63, 3.8) is 0 Å². The Hall–Kier alpha value is -2.32. The molecule has 0 aliphatic heterocycles. The van der Waals surface area contributed by atoms with E-state index >= 15 is 0 Å². The van der Waals surface area contributed by atoms with Crippen LogP contribution in [0.5, 0.6) is 0 Å². The maximum absolute atomic E-state index is 12.2. The van der Waals surface area contributed by atoms with Crippen molar-refractivity contribution in [3.05, 3.63) is 52.9 Å². The Morgan fingerprint density at radius 2 is 2.10 bits per heavy atom. The highest BCUT2D eigenvalue weighted by atomic mass is 32.2. The van der Waals surface area contributed by atoms with E-state index in [1.54, 1.807) is 12.1 Å². The van der Waals surface area contributed by atoms with Crippen molar-refractivity contribution in [1.29, 1.82) is 0 Å². The minimum absolute atomic E-state index is 0.0533. The molecule has 21 heavy (non-hydrogen) atoms. The molecule has 110 valence electrons. The molecule has 3 rings (SSSR count). The van der Waals surface area contributed by atoms with Gasteiger partial charge < -0.3 is 8.83 Å². The van der Waals surface area contributed by atoms with Gasteiger partial charge in [0.15, 0.2) is 5.58 Å². The summed E-state index contributed by atoms with van der Waals surface area (Å²) in [6, 6.07) is 7.58. The molecule has 0 saturated heterocycles. The van der Waals surface area contributed by atoms with E-state index in [9.17, 15) is 13.2 Å². The highest BCUT2D eigenvalue weighted by molar-refractivity contribution is 7.89. The van der Waals surface area contributed by atoms with Crippen LogP contribution in [0, 0.1) is 0 Å². The zero-order valence-electron chi connectivity index (χ0n) is 11.1. The maximum Gasteiger partial charge on any atom is 0.419 e. The first-order valence-corrected chi connectivity index (χ1v) is 7.57. The van der Waals surface area contributed by atoms with Crippen molar-refractivity contribution in [2.75, 3.05) is 0 Å². The molecule has 1 N–H and O–H groups in total. The van der Waals surface area contributed by atoms with Gasteiger partial charge in [-0.1, -0.05) is 0 Å². The number of nitrogens with zero attached hydrogens (tertiary/aromatic N) is 1. The molecule has 0 saturated carbocycles. The number of oxazole rings is 1. The molecular formula is C13H12N2O5S. The first-order valence-electron chi connectivity index (χ1n) is 6.09. The van der Waals surface area contributed by atoms with Gasteiger partial charge in [0.05, 0.1) is 23.2 Å². The minimum atomic E-state index is -3.70. The Kier molecular flexibility index (Phi) is 3.19. The summed E-state index contributed by atoms with van der Waals surface area (Å²) in [6.45, 7) is 0.0533. The summed E-state index contributed by atoms with van der Waals surface area (Å²) in [6.07, 6.45) is 1.47. The predicted octanol–water partition coefficient (Wildman–Crippen LogP) is 1.20. The second-order valence-corrected chi connectivity index (χ2v) is 6.23. The zero-order valence-corrected chi connectivity index (χ0v) is 11.9. The van der Waals surface area contributed by atoms with Crippen LogP contribution in [-0.2, 0) is 23.6 Å². The lowest BCUT2D eigenvalue weighted by atomic mass is 10.3. The Morgan fingerprint density at radius 3 is 2.81 bits per heavy atom. The molecule has 0 radical (unpaired) electrons. The maximum atomic E-state index is 12.2. The monoisotopic (exact) mass is 308 g/mol. The van der Waals surface area contributed by atoms with Crippen LogP contribution in [-0.4, -0.2) is 13.0 Å². The third-order valence-electron chi connectivity index (χ3n) is 3.09. The van der Waals surface area contributed by atoms with Crippen molar-refractivity contribution >= 4 is 21.1 Å². The first kappa shape index (κ1) is 13.7. The van der Waals surface area contributed by atoms with Gasteiger partial charge in [0.2, 0.25) is 10.0 Å². The van der Waals surface area contributed by atoms with Gasteiger partial charge in [-0.3, -0.25) is 4.57 Å². The number of rotatable bonds is 4. The van der Waals surface area contributed by atoms with Gasteiger partial charge in [-0.05, 0) is 30.3 Å². The number of sulfonamides is 1. The molecule has 0 spiro atoms. The van der Waals surface area contributed by atoms with Crippen molar-refractivity contribution in [2.45, 2.75) is 11.4 Å². The molecule has 0 aliphatic carbocycles. The number of hydrogen-bond acceptors (Lipinski definition) is 5. The lowest BCUT2D eigenvalue weighted by Crippen LogP contribution is -2.23. The molecule has 2 aromatic heterocycles. The van der Waals surface area contributed by atoms with Crippen LogP contribution in [0.4, 0.5) is 0 Å². The van der Waals surface area contributed by atoms with Gasteiger partial charge in [0, 0.05) is 7.05 Å². The number of aromatic nitrogens is 1. The molecule has 0 unspecified atom stereocenters. The average Bonchev–Trinajstić information content (AvgIpc) is 3.06. The van der Waals surface area contributed by atoms with Gasteiger partial charge in [-0.15, -0.1) is 0 Å². The van der Waals surface area contributed by atoms with E-state index < -0.39 is 15.8 Å². The first-order chi connectivity index (χ1) is 9.97. The number of fused-ring (bicyclic) bond motifs is 1. The Bertz CT molecular complexity index is 935. The third kappa shape index (κ3) is 2.50. The number of aryl methyl sites for hydroxylation is 1. The SMILES string of the molecule is Cn1c(=O)oc2ccc(S(=O)(=O)NCc3ccco3)cc21. The molecule has 0 amide bonds. The van der Waals surface area contributed by atoms with E-state index in [4.69, 9.17) is 8.83 Å². The zero-order chi connectivity index (χ0) is 15.0. The molecule has 8 heteroatoms. The van der Waals surface area contributed by atoms with Crippen molar-refractivity contribution < 1.29 is 17.3 Å². The summed E-state index contributed by atoms with van der Waals surface area (Å²) in [5.41, 5.74) is 0.758. The summed E-state index contributed by atoms with van der Waals surface area (Å²) in [4.78, 5) is 11.5. The molecule has 0 atom stereocenters. The largest absolute Gasteiger partial charge is 0.468 e. The molecule has 1 aromatic carbocycles. The molecule has 3 aromatic rings. The van der Waals surface area contributed by atoms with Crippen LogP contribution in [0.1, 0.15) is 5.76 Å². The highest BCUT2D eigenvalue weighted by Gasteiger charge is 2.17. The number of nitrogens with one attached hydrogen (secondary N) is 1. The Morgan fingerprint density at radius 1 is 1.29 bits per heavy atom. The van der Waals surface area contributed by atoms with Crippen LogP contribution < -0.4 is 10.5 Å². The summed E-state index contributed by atoms with van der Waals surface area (Å²) in [7, 11) is -2.19. The van der Waals surface area contributed by atoms with Crippen molar-refractivity contribution in [1.82, 2.24) is 9.29 Å². The normalized spacial score (nSPS) is 12.0. The second-order valence-electron chi connectivity index (χ2n) is 4.46. The Balaban J connectivity index is 1.94. The molecule has 0 bridgehead atoms. The fraction of sp³-hybridized carbons (Fsp3) is 0.154. The number of furan rings is 1. The molecule has 0 aliphatic rings. The van der Waals surface area contributed by atoms with E-state index in [1.807, 2.05) is 0 Å². The smallest absolute Gasteiger partial charge is 0.419 e. The quantitative estimate of drug-likeness (QED) is 0.781.